The monoisotopic (exact) mass is 386 g/mol. The standard InChI is InChI=1S/C17H17F3N2O3S/c18-17(19,20)26(23,24)15-6-2-1-5-14(15)22-11-8-13(9-12-22)25-16-7-3-4-10-21-16/h1-7,10,13H,8-9,11-12H2. The highest BCUT2D eigenvalue weighted by molar-refractivity contribution is 7.92. The van der Waals surface area contributed by atoms with Crippen LogP contribution in [0.5, 0.6) is 5.88 Å². The van der Waals surface area contributed by atoms with Crippen molar-refractivity contribution >= 4 is 15.5 Å². The van der Waals surface area contributed by atoms with Crippen LogP contribution in [-0.4, -0.2) is 38.1 Å². The molecule has 0 spiro atoms. The zero-order chi connectivity index (χ0) is 18.8. The van der Waals surface area contributed by atoms with E-state index in [1.54, 1.807) is 29.3 Å². The van der Waals surface area contributed by atoms with E-state index < -0.39 is 20.2 Å². The molecule has 2 aromatic rings. The van der Waals surface area contributed by atoms with Crippen LogP contribution in [0.2, 0.25) is 0 Å². The predicted molar refractivity (Wildman–Crippen MR) is 89.8 cm³/mol. The summed E-state index contributed by atoms with van der Waals surface area (Å²) in [7, 11) is -5.40. The van der Waals surface area contributed by atoms with Crippen molar-refractivity contribution in [3.63, 3.8) is 0 Å². The van der Waals surface area contributed by atoms with Gasteiger partial charge in [0.05, 0.1) is 10.6 Å². The molecule has 1 aliphatic rings. The van der Waals surface area contributed by atoms with Crippen LogP contribution in [0.1, 0.15) is 12.8 Å². The van der Waals surface area contributed by atoms with Gasteiger partial charge in [0.25, 0.3) is 9.84 Å². The van der Waals surface area contributed by atoms with Crippen LogP contribution in [0.15, 0.2) is 53.6 Å². The number of rotatable bonds is 4. The lowest BCUT2D eigenvalue weighted by atomic mass is 10.1. The molecule has 1 aliphatic heterocycles. The summed E-state index contributed by atoms with van der Waals surface area (Å²) in [5, 5.41) is 0. The van der Waals surface area contributed by atoms with Gasteiger partial charge in [0.15, 0.2) is 0 Å². The van der Waals surface area contributed by atoms with Crippen LogP contribution in [0, 0.1) is 0 Å². The lowest BCUT2D eigenvalue weighted by Crippen LogP contribution is -2.39. The Bertz CT molecular complexity index is 849. The van der Waals surface area contributed by atoms with E-state index >= 15 is 0 Å². The smallest absolute Gasteiger partial charge is 0.474 e. The normalized spacial score (nSPS) is 16.5. The van der Waals surface area contributed by atoms with E-state index in [4.69, 9.17) is 4.74 Å². The molecule has 9 heteroatoms. The lowest BCUT2D eigenvalue weighted by molar-refractivity contribution is -0.0435. The first kappa shape index (κ1) is 18.5. The van der Waals surface area contributed by atoms with Gasteiger partial charge in [-0.1, -0.05) is 18.2 Å². The van der Waals surface area contributed by atoms with Gasteiger partial charge in [-0.25, -0.2) is 13.4 Å². The third-order valence-electron chi connectivity index (χ3n) is 4.17. The molecule has 1 saturated heterocycles. The van der Waals surface area contributed by atoms with Crippen molar-refractivity contribution in [3.05, 3.63) is 48.7 Å². The van der Waals surface area contributed by atoms with E-state index in [1.807, 2.05) is 0 Å². The fourth-order valence-electron chi connectivity index (χ4n) is 2.87. The predicted octanol–water partition coefficient (Wildman–Crippen LogP) is 3.42. The van der Waals surface area contributed by atoms with E-state index in [9.17, 15) is 21.6 Å². The third-order valence-corrected chi connectivity index (χ3v) is 5.70. The van der Waals surface area contributed by atoms with Gasteiger partial charge in [-0.2, -0.15) is 13.2 Å². The number of pyridine rings is 1. The van der Waals surface area contributed by atoms with Crippen LogP contribution in [-0.2, 0) is 9.84 Å². The minimum Gasteiger partial charge on any atom is -0.474 e. The molecule has 3 rings (SSSR count). The maximum atomic E-state index is 12.9. The number of hydrogen-bond donors (Lipinski definition) is 0. The van der Waals surface area contributed by atoms with Gasteiger partial charge >= 0.3 is 5.51 Å². The van der Waals surface area contributed by atoms with E-state index in [1.165, 1.54) is 18.2 Å². The maximum absolute atomic E-state index is 12.9. The fourth-order valence-corrected chi connectivity index (χ4v) is 3.85. The molecular weight excluding hydrogens is 369 g/mol. The van der Waals surface area contributed by atoms with Crippen LogP contribution >= 0.6 is 0 Å². The van der Waals surface area contributed by atoms with Gasteiger partial charge < -0.3 is 9.64 Å². The topological polar surface area (TPSA) is 59.5 Å². The number of nitrogens with zero attached hydrogens (tertiary/aromatic N) is 2. The minimum atomic E-state index is -5.40. The Morgan fingerprint density at radius 3 is 2.31 bits per heavy atom. The van der Waals surface area contributed by atoms with Crippen LogP contribution in [0.4, 0.5) is 18.9 Å². The van der Waals surface area contributed by atoms with Gasteiger partial charge in [0, 0.05) is 38.2 Å². The van der Waals surface area contributed by atoms with E-state index in [0.29, 0.717) is 31.8 Å². The average molecular weight is 386 g/mol. The number of anilines is 1. The second-order valence-electron chi connectivity index (χ2n) is 5.89. The SMILES string of the molecule is O=S(=O)(c1ccccc1N1CCC(Oc2ccccn2)CC1)C(F)(F)F. The lowest BCUT2D eigenvalue weighted by Gasteiger charge is -2.34. The largest absolute Gasteiger partial charge is 0.501 e. The van der Waals surface area contributed by atoms with Crippen molar-refractivity contribution in [2.24, 2.45) is 0 Å². The molecular formula is C17H17F3N2O3S. The zero-order valence-electron chi connectivity index (χ0n) is 13.7. The summed E-state index contributed by atoms with van der Waals surface area (Å²) >= 11 is 0. The summed E-state index contributed by atoms with van der Waals surface area (Å²) in [6.07, 6.45) is 2.60. The number of sulfone groups is 1. The molecule has 2 heterocycles. The van der Waals surface area contributed by atoms with Crippen molar-refractivity contribution < 1.29 is 26.3 Å². The molecule has 140 valence electrons. The summed E-state index contributed by atoms with van der Waals surface area (Å²) in [5.41, 5.74) is -5.26. The van der Waals surface area contributed by atoms with Gasteiger partial charge in [0.2, 0.25) is 5.88 Å². The number of ether oxygens (including phenoxy) is 1. The number of piperidine rings is 1. The second kappa shape index (κ2) is 7.14. The molecule has 0 N–H and O–H groups in total. The minimum absolute atomic E-state index is 0.0705. The van der Waals surface area contributed by atoms with Crippen molar-refractivity contribution in [2.45, 2.75) is 29.3 Å². The summed E-state index contributed by atoms with van der Waals surface area (Å²) in [6, 6.07) is 10.5. The molecule has 1 fully saturated rings. The molecule has 26 heavy (non-hydrogen) atoms. The first-order valence-corrected chi connectivity index (χ1v) is 9.50. The van der Waals surface area contributed by atoms with Crippen LogP contribution in [0.3, 0.4) is 0 Å². The van der Waals surface area contributed by atoms with Crippen molar-refractivity contribution in [3.8, 4) is 5.88 Å². The molecule has 0 aliphatic carbocycles. The van der Waals surface area contributed by atoms with Crippen molar-refractivity contribution in [1.82, 2.24) is 4.98 Å². The Morgan fingerprint density at radius 2 is 1.69 bits per heavy atom. The Hall–Kier alpha value is -2.29. The van der Waals surface area contributed by atoms with Crippen LogP contribution < -0.4 is 9.64 Å². The van der Waals surface area contributed by atoms with Crippen molar-refractivity contribution in [2.75, 3.05) is 18.0 Å². The highest BCUT2D eigenvalue weighted by Gasteiger charge is 2.48. The number of aromatic nitrogens is 1. The molecule has 5 nitrogen and oxygen atoms in total. The summed E-state index contributed by atoms with van der Waals surface area (Å²) in [4.78, 5) is 5.02. The maximum Gasteiger partial charge on any atom is 0.501 e. The zero-order valence-corrected chi connectivity index (χ0v) is 14.5. The third kappa shape index (κ3) is 3.77. The number of halogens is 3. The Balaban J connectivity index is 1.74. The first-order valence-electron chi connectivity index (χ1n) is 8.02. The Morgan fingerprint density at radius 1 is 1.04 bits per heavy atom. The molecule has 0 bridgehead atoms. The number of alkyl halides is 3. The fraction of sp³-hybridized carbons (Fsp3) is 0.353. The number of para-hydroxylation sites is 1. The Labute approximate surface area is 149 Å². The average Bonchev–Trinajstić information content (AvgIpc) is 2.62. The summed E-state index contributed by atoms with van der Waals surface area (Å²) < 4.78 is 68.2. The molecule has 0 amide bonds. The highest BCUT2D eigenvalue weighted by atomic mass is 32.2. The molecule has 1 aromatic heterocycles. The second-order valence-corrected chi connectivity index (χ2v) is 7.80. The summed E-state index contributed by atoms with van der Waals surface area (Å²) in [5.74, 6) is 0.492. The Kier molecular flexibility index (Phi) is 5.08. The van der Waals surface area contributed by atoms with Crippen molar-refractivity contribution in [1.29, 1.82) is 0 Å². The van der Waals surface area contributed by atoms with E-state index in [2.05, 4.69) is 4.98 Å². The molecule has 0 saturated carbocycles. The number of benzene rings is 1. The summed E-state index contributed by atoms with van der Waals surface area (Å²) in [6.45, 7) is 0.782. The number of hydrogen-bond acceptors (Lipinski definition) is 5. The first-order chi connectivity index (χ1) is 12.3. The quantitative estimate of drug-likeness (QED) is 0.806. The van der Waals surface area contributed by atoms with E-state index in [0.717, 1.165) is 6.07 Å². The van der Waals surface area contributed by atoms with E-state index in [-0.39, 0.29) is 11.8 Å². The molecule has 0 unspecified atom stereocenters. The van der Waals surface area contributed by atoms with Gasteiger partial charge in [-0.3, -0.25) is 0 Å². The van der Waals surface area contributed by atoms with Gasteiger partial charge in [-0.05, 0) is 18.2 Å². The highest BCUT2D eigenvalue weighted by Crippen LogP contribution is 2.36. The molecule has 1 aromatic carbocycles. The van der Waals surface area contributed by atoms with Gasteiger partial charge in [0.1, 0.15) is 6.10 Å². The van der Waals surface area contributed by atoms with Crippen LogP contribution in [0.25, 0.3) is 0 Å². The molecule has 0 atom stereocenters. The van der Waals surface area contributed by atoms with Gasteiger partial charge in [-0.15, -0.1) is 0 Å². The molecule has 0 radical (unpaired) electrons.